The van der Waals surface area contributed by atoms with Crippen LogP contribution in [0.2, 0.25) is 0 Å². The van der Waals surface area contributed by atoms with E-state index in [4.69, 9.17) is 5.73 Å². The van der Waals surface area contributed by atoms with Crippen LogP contribution in [0.4, 0.5) is 5.69 Å². The number of nitrogen functional groups attached to an aromatic ring is 1. The Morgan fingerprint density at radius 2 is 2.06 bits per heavy atom. The summed E-state index contributed by atoms with van der Waals surface area (Å²) in [5.41, 5.74) is 7.23. The van der Waals surface area contributed by atoms with Crippen LogP contribution in [0.3, 0.4) is 0 Å². The SMILES string of the molecule is Cn1cnc(-c2ccc(N)c(P(C)(C)=O)c2)n1. The molecule has 0 fully saturated rings. The summed E-state index contributed by atoms with van der Waals surface area (Å²) < 4.78 is 13.7. The standard InChI is InChI=1S/C11H15N4OP/c1-15-7-13-11(14-15)8-4-5-9(12)10(6-8)17(2,3)16/h4-7H,12H2,1-3H3. The fraction of sp³-hybridized carbons (Fsp3) is 0.273. The summed E-state index contributed by atoms with van der Waals surface area (Å²) in [6, 6.07) is 5.40. The summed E-state index contributed by atoms with van der Waals surface area (Å²) in [6.07, 6.45) is 1.63. The molecule has 1 heterocycles. The molecule has 90 valence electrons. The third-order valence-electron chi connectivity index (χ3n) is 2.47. The van der Waals surface area contributed by atoms with Crippen LogP contribution in [0.5, 0.6) is 0 Å². The maximum Gasteiger partial charge on any atom is 0.181 e. The Labute approximate surface area is 100 Å². The quantitative estimate of drug-likeness (QED) is 0.644. The number of benzene rings is 1. The summed E-state index contributed by atoms with van der Waals surface area (Å²) in [5.74, 6) is 0.613. The van der Waals surface area contributed by atoms with Crippen LogP contribution in [0.15, 0.2) is 24.5 Å². The lowest BCUT2D eigenvalue weighted by molar-refractivity contribution is 0.588. The van der Waals surface area contributed by atoms with Gasteiger partial charge in [-0.2, -0.15) is 5.10 Å². The molecule has 0 aliphatic carbocycles. The average Bonchev–Trinajstić information content (AvgIpc) is 2.64. The molecule has 6 heteroatoms. The number of anilines is 1. The summed E-state index contributed by atoms with van der Waals surface area (Å²) in [4.78, 5) is 4.16. The Balaban J connectivity index is 2.55. The normalized spacial score (nSPS) is 11.7. The van der Waals surface area contributed by atoms with E-state index in [0.717, 1.165) is 5.56 Å². The van der Waals surface area contributed by atoms with Crippen LogP contribution in [0.25, 0.3) is 11.4 Å². The second-order valence-electron chi connectivity index (χ2n) is 4.37. The number of hydrogen-bond donors (Lipinski definition) is 1. The van der Waals surface area contributed by atoms with Crippen molar-refractivity contribution >= 4 is 18.1 Å². The molecule has 2 rings (SSSR count). The van der Waals surface area contributed by atoms with Gasteiger partial charge in [-0.25, -0.2) is 4.98 Å². The fourth-order valence-electron chi connectivity index (χ4n) is 1.62. The number of aryl methyl sites for hydroxylation is 1. The number of nitrogens with zero attached hydrogens (tertiary/aromatic N) is 3. The minimum absolute atomic E-state index is 0.554. The fourth-order valence-corrected chi connectivity index (χ4v) is 2.77. The van der Waals surface area contributed by atoms with Gasteiger partial charge in [0.2, 0.25) is 0 Å². The van der Waals surface area contributed by atoms with Crippen molar-refractivity contribution in [3.8, 4) is 11.4 Å². The van der Waals surface area contributed by atoms with Crippen LogP contribution < -0.4 is 11.0 Å². The van der Waals surface area contributed by atoms with E-state index in [-0.39, 0.29) is 0 Å². The van der Waals surface area contributed by atoms with Gasteiger partial charge in [0.1, 0.15) is 13.5 Å². The maximum atomic E-state index is 12.1. The molecular weight excluding hydrogens is 235 g/mol. The molecule has 0 spiro atoms. The molecule has 0 radical (unpaired) electrons. The molecule has 0 bridgehead atoms. The molecule has 0 saturated carbocycles. The van der Waals surface area contributed by atoms with E-state index in [1.807, 2.05) is 12.1 Å². The highest BCUT2D eigenvalue weighted by Gasteiger charge is 2.16. The third kappa shape index (κ3) is 2.39. The van der Waals surface area contributed by atoms with E-state index < -0.39 is 7.14 Å². The highest BCUT2D eigenvalue weighted by Crippen LogP contribution is 2.37. The second-order valence-corrected chi connectivity index (χ2v) is 7.55. The number of aromatic nitrogens is 3. The van der Waals surface area contributed by atoms with E-state index in [1.165, 1.54) is 0 Å². The zero-order valence-corrected chi connectivity index (χ0v) is 11.0. The van der Waals surface area contributed by atoms with Crippen molar-refractivity contribution in [1.29, 1.82) is 0 Å². The van der Waals surface area contributed by atoms with Gasteiger partial charge in [0, 0.05) is 23.6 Å². The van der Waals surface area contributed by atoms with Gasteiger partial charge in [-0.05, 0) is 31.5 Å². The summed E-state index contributed by atoms with van der Waals surface area (Å²) in [5, 5.41) is 4.89. The van der Waals surface area contributed by atoms with Crippen molar-refractivity contribution in [2.75, 3.05) is 19.1 Å². The Kier molecular flexibility index (Phi) is 2.79. The van der Waals surface area contributed by atoms with Crippen molar-refractivity contribution in [3.63, 3.8) is 0 Å². The van der Waals surface area contributed by atoms with E-state index in [1.54, 1.807) is 37.5 Å². The molecule has 0 aliphatic heterocycles. The topological polar surface area (TPSA) is 73.8 Å². The van der Waals surface area contributed by atoms with Crippen molar-refractivity contribution in [2.24, 2.45) is 7.05 Å². The predicted octanol–water partition coefficient (Wildman–Crippen LogP) is 1.31. The van der Waals surface area contributed by atoms with Crippen LogP contribution in [0.1, 0.15) is 0 Å². The van der Waals surface area contributed by atoms with Crippen molar-refractivity contribution in [3.05, 3.63) is 24.5 Å². The van der Waals surface area contributed by atoms with Gasteiger partial charge in [-0.3, -0.25) is 4.68 Å². The van der Waals surface area contributed by atoms with Gasteiger partial charge in [0.05, 0.1) is 0 Å². The van der Waals surface area contributed by atoms with Gasteiger partial charge in [-0.1, -0.05) is 0 Å². The van der Waals surface area contributed by atoms with Crippen molar-refractivity contribution < 1.29 is 4.57 Å². The van der Waals surface area contributed by atoms with Gasteiger partial charge >= 0.3 is 0 Å². The van der Waals surface area contributed by atoms with E-state index >= 15 is 0 Å². The van der Waals surface area contributed by atoms with Crippen molar-refractivity contribution in [1.82, 2.24) is 14.8 Å². The molecule has 0 atom stereocenters. The Morgan fingerprint density at radius 1 is 1.35 bits per heavy atom. The molecule has 0 aliphatic rings. The molecule has 0 amide bonds. The lowest BCUT2D eigenvalue weighted by Gasteiger charge is -2.11. The highest BCUT2D eigenvalue weighted by atomic mass is 31.2. The molecule has 1 aromatic carbocycles. The molecular formula is C11H15N4OP. The molecule has 0 unspecified atom stereocenters. The Hall–Kier alpha value is -1.61. The maximum absolute atomic E-state index is 12.1. The third-order valence-corrected chi connectivity index (χ3v) is 4.02. The molecule has 0 saturated heterocycles. The molecule has 1 aromatic heterocycles. The first-order valence-corrected chi connectivity index (χ1v) is 7.79. The van der Waals surface area contributed by atoms with E-state index in [2.05, 4.69) is 10.1 Å². The van der Waals surface area contributed by atoms with Crippen LogP contribution in [0, 0.1) is 0 Å². The molecule has 2 N–H and O–H groups in total. The van der Waals surface area contributed by atoms with E-state index in [0.29, 0.717) is 16.8 Å². The minimum atomic E-state index is -2.38. The summed E-state index contributed by atoms with van der Waals surface area (Å²) in [6.45, 7) is 3.41. The number of nitrogens with two attached hydrogens (primary N) is 1. The lowest BCUT2D eigenvalue weighted by atomic mass is 10.2. The monoisotopic (exact) mass is 250 g/mol. The largest absolute Gasteiger partial charge is 0.398 e. The number of hydrogen-bond acceptors (Lipinski definition) is 4. The van der Waals surface area contributed by atoms with Crippen molar-refractivity contribution in [2.45, 2.75) is 0 Å². The predicted molar refractivity (Wildman–Crippen MR) is 69.9 cm³/mol. The smallest absolute Gasteiger partial charge is 0.181 e. The first-order chi connectivity index (χ1) is 7.88. The van der Waals surface area contributed by atoms with Gasteiger partial charge in [0.15, 0.2) is 5.82 Å². The Bertz CT molecular complexity index is 599. The van der Waals surface area contributed by atoms with Gasteiger partial charge in [-0.15, -0.1) is 0 Å². The second kappa shape index (κ2) is 4.00. The summed E-state index contributed by atoms with van der Waals surface area (Å²) in [7, 11) is -0.579. The molecule has 2 aromatic rings. The summed E-state index contributed by atoms with van der Waals surface area (Å²) >= 11 is 0. The highest BCUT2D eigenvalue weighted by molar-refractivity contribution is 7.70. The minimum Gasteiger partial charge on any atom is -0.398 e. The Morgan fingerprint density at radius 3 is 2.59 bits per heavy atom. The first-order valence-electron chi connectivity index (χ1n) is 5.19. The average molecular weight is 250 g/mol. The van der Waals surface area contributed by atoms with Crippen LogP contribution in [-0.2, 0) is 11.6 Å². The lowest BCUT2D eigenvalue weighted by Crippen LogP contribution is -2.10. The molecule has 17 heavy (non-hydrogen) atoms. The van der Waals surface area contributed by atoms with Crippen LogP contribution in [-0.4, -0.2) is 28.1 Å². The van der Waals surface area contributed by atoms with E-state index in [9.17, 15) is 4.57 Å². The van der Waals surface area contributed by atoms with Gasteiger partial charge in [0.25, 0.3) is 0 Å². The number of rotatable bonds is 2. The zero-order valence-electron chi connectivity index (χ0n) is 10.1. The van der Waals surface area contributed by atoms with Crippen LogP contribution >= 0.6 is 7.14 Å². The van der Waals surface area contributed by atoms with Gasteiger partial charge < -0.3 is 10.3 Å². The first kappa shape index (κ1) is 11.9. The zero-order chi connectivity index (χ0) is 12.6. The molecule has 5 nitrogen and oxygen atoms in total.